The molecule has 1 fully saturated rings. The largest absolute Gasteiger partial charge is 0.436 e. The van der Waals surface area contributed by atoms with Crippen molar-refractivity contribution in [2.24, 2.45) is 0 Å². The second-order valence-corrected chi connectivity index (χ2v) is 8.75. The van der Waals surface area contributed by atoms with Gasteiger partial charge in [-0.2, -0.15) is 18.2 Å². The van der Waals surface area contributed by atoms with Gasteiger partial charge in [-0.3, -0.25) is 10.1 Å². The van der Waals surface area contributed by atoms with Gasteiger partial charge in [0, 0.05) is 18.7 Å². The van der Waals surface area contributed by atoms with Crippen LogP contribution in [0.3, 0.4) is 0 Å². The van der Waals surface area contributed by atoms with E-state index in [1.165, 1.54) is 12.1 Å². The second-order valence-electron chi connectivity index (χ2n) is 8.75. The van der Waals surface area contributed by atoms with Crippen LogP contribution in [-0.2, 0) is 6.18 Å². The normalized spacial score (nSPS) is 16.1. The molecule has 12 heteroatoms. The van der Waals surface area contributed by atoms with Crippen molar-refractivity contribution in [1.29, 1.82) is 0 Å². The summed E-state index contributed by atoms with van der Waals surface area (Å²) >= 11 is 0. The third kappa shape index (κ3) is 5.19. The van der Waals surface area contributed by atoms with Crippen LogP contribution in [0.1, 0.15) is 24.8 Å². The Bertz CT molecular complexity index is 1480. The van der Waals surface area contributed by atoms with Crippen molar-refractivity contribution in [3.8, 4) is 22.9 Å². The van der Waals surface area contributed by atoms with E-state index in [4.69, 9.17) is 10.5 Å². The molecule has 1 atom stereocenters. The average Bonchev–Trinajstić information content (AvgIpc) is 2.89. The van der Waals surface area contributed by atoms with Crippen LogP contribution in [0.15, 0.2) is 53.3 Å². The van der Waals surface area contributed by atoms with Crippen LogP contribution in [0.2, 0.25) is 0 Å². The highest BCUT2D eigenvalue weighted by Crippen LogP contribution is 2.33. The van der Waals surface area contributed by atoms with Crippen molar-refractivity contribution in [2.45, 2.75) is 31.6 Å². The first-order valence-corrected chi connectivity index (χ1v) is 11.7. The van der Waals surface area contributed by atoms with Crippen molar-refractivity contribution in [2.75, 3.05) is 24.2 Å². The maximum atomic E-state index is 13.1. The molecule has 1 aliphatic heterocycles. The summed E-state index contributed by atoms with van der Waals surface area (Å²) in [5.74, 6) is 0.580. The number of para-hydroxylation sites is 1. The van der Waals surface area contributed by atoms with Gasteiger partial charge >= 0.3 is 6.18 Å². The van der Waals surface area contributed by atoms with E-state index in [1.54, 1.807) is 24.3 Å². The van der Waals surface area contributed by atoms with E-state index in [0.717, 1.165) is 37.9 Å². The molecule has 192 valence electrons. The topological polar surface area (TPSA) is 122 Å². The molecule has 1 saturated heterocycles. The SMILES string of the molecule is CN(c1nc(Oc2cccc3[nH]c(=O)c(N)nc23)cc(-c2ccc(C(F)(F)F)cc2)n1)C1CCCCN1. The Balaban J connectivity index is 1.57. The predicted molar refractivity (Wildman–Crippen MR) is 133 cm³/mol. The summed E-state index contributed by atoms with van der Waals surface area (Å²) in [6.07, 6.45) is -1.44. The number of piperidine rings is 1. The lowest BCUT2D eigenvalue weighted by Crippen LogP contribution is -2.47. The molecule has 0 bridgehead atoms. The molecule has 9 nitrogen and oxygen atoms in total. The quantitative estimate of drug-likeness (QED) is 0.362. The Hall–Kier alpha value is -4.19. The van der Waals surface area contributed by atoms with Gasteiger partial charge < -0.3 is 20.4 Å². The number of H-pyrrole nitrogens is 1. The van der Waals surface area contributed by atoms with E-state index < -0.39 is 17.3 Å². The Morgan fingerprint density at radius 3 is 2.57 bits per heavy atom. The lowest BCUT2D eigenvalue weighted by atomic mass is 10.1. The van der Waals surface area contributed by atoms with Gasteiger partial charge in [0.15, 0.2) is 11.6 Å². The van der Waals surface area contributed by atoms with E-state index in [1.807, 2.05) is 11.9 Å². The van der Waals surface area contributed by atoms with Gasteiger partial charge in [0.25, 0.3) is 5.56 Å². The van der Waals surface area contributed by atoms with Crippen LogP contribution in [0.4, 0.5) is 24.9 Å². The number of aromatic amines is 1. The second kappa shape index (κ2) is 9.69. The number of alkyl halides is 3. The number of nitrogens with one attached hydrogen (secondary N) is 2. The minimum Gasteiger partial charge on any atom is -0.436 e. The molecule has 0 amide bonds. The highest BCUT2D eigenvalue weighted by atomic mass is 19.4. The molecule has 3 heterocycles. The molecule has 2 aromatic carbocycles. The summed E-state index contributed by atoms with van der Waals surface area (Å²) in [5, 5.41) is 3.43. The maximum absolute atomic E-state index is 13.1. The fourth-order valence-corrected chi connectivity index (χ4v) is 4.20. The number of fused-ring (bicyclic) bond motifs is 1. The van der Waals surface area contributed by atoms with Gasteiger partial charge in [0.05, 0.1) is 22.9 Å². The summed E-state index contributed by atoms with van der Waals surface area (Å²) in [5.41, 5.74) is 6.06. The molecular formula is C25H24F3N7O2. The van der Waals surface area contributed by atoms with Crippen LogP contribution in [0.5, 0.6) is 11.6 Å². The summed E-state index contributed by atoms with van der Waals surface area (Å²) < 4.78 is 45.4. The van der Waals surface area contributed by atoms with Crippen LogP contribution in [0.25, 0.3) is 22.3 Å². The van der Waals surface area contributed by atoms with Crippen molar-refractivity contribution >= 4 is 22.8 Å². The maximum Gasteiger partial charge on any atom is 0.416 e. The van der Waals surface area contributed by atoms with E-state index in [2.05, 4.69) is 25.3 Å². The standard InChI is InChI=1S/C25H24F3N7O2/c1-35(19-7-2-3-12-30-19)24-32-17(14-8-10-15(11-9-14)25(26,27)28)13-20(33-24)37-18-6-4-5-16-21(18)34-22(29)23(36)31-16/h4-6,8-11,13,19,30H,2-3,7,12H2,1H3,(H2,29,34)(H,31,36). The molecule has 0 saturated carbocycles. The molecule has 0 radical (unpaired) electrons. The number of ether oxygens (including phenoxy) is 1. The summed E-state index contributed by atoms with van der Waals surface area (Å²) in [7, 11) is 1.85. The third-order valence-electron chi connectivity index (χ3n) is 6.19. The zero-order valence-corrected chi connectivity index (χ0v) is 19.8. The first-order chi connectivity index (χ1) is 17.7. The third-order valence-corrected chi connectivity index (χ3v) is 6.19. The molecule has 4 N–H and O–H groups in total. The molecule has 0 aliphatic carbocycles. The first kappa shape index (κ1) is 24.5. The Morgan fingerprint density at radius 2 is 1.86 bits per heavy atom. The van der Waals surface area contributed by atoms with Crippen molar-refractivity contribution in [1.82, 2.24) is 25.3 Å². The number of nitrogens with zero attached hydrogens (tertiary/aromatic N) is 4. The lowest BCUT2D eigenvalue weighted by Gasteiger charge is -2.32. The average molecular weight is 512 g/mol. The van der Waals surface area contributed by atoms with E-state index in [-0.39, 0.29) is 17.9 Å². The van der Waals surface area contributed by atoms with Gasteiger partial charge in [0.2, 0.25) is 11.8 Å². The predicted octanol–water partition coefficient (Wildman–Crippen LogP) is 4.31. The number of aromatic nitrogens is 4. The number of hydrogen-bond donors (Lipinski definition) is 3. The fraction of sp³-hybridized carbons (Fsp3) is 0.280. The zero-order valence-electron chi connectivity index (χ0n) is 19.8. The van der Waals surface area contributed by atoms with Crippen LogP contribution in [-0.4, -0.2) is 39.7 Å². The Kier molecular flexibility index (Phi) is 6.42. The van der Waals surface area contributed by atoms with E-state index >= 15 is 0 Å². The van der Waals surface area contributed by atoms with E-state index in [0.29, 0.717) is 34.0 Å². The number of hydrogen-bond acceptors (Lipinski definition) is 8. The molecule has 4 aromatic rings. The minimum atomic E-state index is -4.44. The molecule has 1 aliphatic rings. The summed E-state index contributed by atoms with van der Waals surface area (Å²) in [6, 6.07) is 11.3. The number of nitrogens with two attached hydrogens (primary N) is 1. The van der Waals surface area contributed by atoms with Gasteiger partial charge in [-0.25, -0.2) is 9.97 Å². The highest BCUT2D eigenvalue weighted by Gasteiger charge is 2.30. The Morgan fingerprint density at radius 1 is 1.08 bits per heavy atom. The molecular weight excluding hydrogens is 487 g/mol. The van der Waals surface area contributed by atoms with Gasteiger partial charge in [-0.05, 0) is 50.1 Å². The fourth-order valence-electron chi connectivity index (χ4n) is 4.20. The van der Waals surface area contributed by atoms with Gasteiger partial charge in [-0.1, -0.05) is 18.2 Å². The minimum absolute atomic E-state index is 0.00597. The molecule has 37 heavy (non-hydrogen) atoms. The van der Waals surface area contributed by atoms with Gasteiger partial charge in [-0.15, -0.1) is 0 Å². The molecule has 2 aromatic heterocycles. The van der Waals surface area contributed by atoms with E-state index in [9.17, 15) is 18.0 Å². The molecule has 1 unspecified atom stereocenters. The lowest BCUT2D eigenvalue weighted by molar-refractivity contribution is -0.137. The Labute approximate surface area is 209 Å². The number of anilines is 2. The van der Waals surface area contributed by atoms with Crippen LogP contribution >= 0.6 is 0 Å². The summed E-state index contributed by atoms with van der Waals surface area (Å²) in [6.45, 7) is 0.859. The number of nitrogen functional groups attached to an aromatic ring is 1. The highest BCUT2D eigenvalue weighted by molar-refractivity contribution is 5.82. The van der Waals surface area contributed by atoms with Crippen molar-refractivity contribution in [3.63, 3.8) is 0 Å². The smallest absolute Gasteiger partial charge is 0.416 e. The van der Waals surface area contributed by atoms with Crippen molar-refractivity contribution in [3.05, 3.63) is 64.4 Å². The van der Waals surface area contributed by atoms with Crippen molar-refractivity contribution < 1.29 is 17.9 Å². The van der Waals surface area contributed by atoms with Gasteiger partial charge in [0.1, 0.15) is 5.52 Å². The number of halogens is 3. The number of rotatable bonds is 5. The first-order valence-electron chi connectivity index (χ1n) is 11.7. The monoisotopic (exact) mass is 511 g/mol. The summed E-state index contributed by atoms with van der Waals surface area (Å²) in [4.78, 5) is 29.8. The molecule has 0 spiro atoms. The molecule has 5 rings (SSSR count). The number of benzene rings is 2. The van der Waals surface area contributed by atoms with Crippen LogP contribution in [0, 0.1) is 0 Å². The van der Waals surface area contributed by atoms with Crippen LogP contribution < -0.4 is 26.2 Å². The zero-order chi connectivity index (χ0) is 26.2.